The maximum absolute atomic E-state index is 8.82. The van der Waals surface area contributed by atoms with Crippen molar-refractivity contribution in [2.75, 3.05) is 0 Å². The van der Waals surface area contributed by atoms with Crippen LogP contribution in [0.3, 0.4) is 0 Å². The molecule has 0 spiro atoms. The van der Waals surface area contributed by atoms with Gasteiger partial charge in [0.1, 0.15) is 0 Å². The van der Waals surface area contributed by atoms with E-state index >= 15 is 0 Å². The molecule has 0 radical (unpaired) electrons. The van der Waals surface area contributed by atoms with Crippen molar-refractivity contribution in [3.63, 3.8) is 0 Å². The Bertz CT molecular complexity index is 94.9. The molecule has 0 atom stereocenters. The Hall–Kier alpha value is 2.04. The van der Waals surface area contributed by atoms with Crippen molar-refractivity contribution in [1.82, 2.24) is 0 Å². The van der Waals surface area contributed by atoms with Crippen LogP contribution < -0.4 is 0 Å². The normalized spacial score (nSPS) is 8.29. The predicted octanol–water partition coefficient (Wildman–Crippen LogP) is -1.65. The fraction of sp³-hybridized carbons (Fsp3) is 0. The van der Waals surface area contributed by atoms with E-state index in [1.54, 1.807) is 0 Å². The van der Waals surface area contributed by atoms with Crippen LogP contribution in [0.4, 0.5) is 0 Å². The Balaban J connectivity index is -0.0000000800. The van der Waals surface area contributed by atoms with Gasteiger partial charge >= 0.3 is 67.3 Å². The first kappa shape index (κ1) is 16.0. The quantitative estimate of drug-likeness (QED) is 0.413. The number of halogens is 1. The molecule has 0 rings (SSSR count). The van der Waals surface area contributed by atoms with Gasteiger partial charge in [-0.15, -0.1) is 24.0 Å². The molecule has 0 saturated carbocycles. The molecule has 4 nitrogen and oxygen atoms in total. The Labute approximate surface area is 89.7 Å². The summed E-state index contributed by atoms with van der Waals surface area (Å²) in [6.07, 6.45) is 0. The first-order valence-corrected chi connectivity index (χ1v) is 2.88. The molecule has 0 unspecified atom stereocenters. The second kappa shape index (κ2) is 6.17. The standard InChI is InChI=1S/Ca.Cr.HI.2H2O.2O.2H/h;;1H;2*1H2;;;;/q;+2;;;;;;;/p-2. The summed E-state index contributed by atoms with van der Waals surface area (Å²) in [5.74, 6) is 0. The summed E-state index contributed by atoms with van der Waals surface area (Å²) in [6.45, 7) is 0. The summed E-state index contributed by atoms with van der Waals surface area (Å²) in [5, 5.41) is 0. The molecular formula is H5CaCrIO4. The molecule has 0 bridgehead atoms. The molecule has 0 aliphatic carbocycles. The molecule has 44 valence electrons. The van der Waals surface area contributed by atoms with Gasteiger partial charge in [0.05, 0.1) is 0 Å². The van der Waals surface area contributed by atoms with Crippen molar-refractivity contribution in [2.45, 2.75) is 0 Å². The summed E-state index contributed by atoms with van der Waals surface area (Å²) in [6, 6.07) is 0. The van der Waals surface area contributed by atoms with Gasteiger partial charge in [-0.05, 0) is 0 Å². The van der Waals surface area contributed by atoms with Crippen molar-refractivity contribution in [2.24, 2.45) is 0 Å². The van der Waals surface area contributed by atoms with Gasteiger partial charge in [-0.25, -0.2) is 0 Å². The SMILES string of the molecule is I.[CaH2].[O]=[Cr](=[O])([OH])[OH]. The third kappa shape index (κ3) is 70.4. The Kier molecular flexibility index (Phi) is 14.1. The number of hydrogen-bond acceptors (Lipinski definition) is 2. The molecule has 0 fully saturated rings. The molecule has 0 aromatic heterocycles. The fourth-order valence-corrected chi connectivity index (χ4v) is 0. The maximum atomic E-state index is 8.82. The van der Waals surface area contributed by atoms with Crippen molar-refractivity contribution < 1.29 is 29.5 Å². The number of rotatable bonds is 0. The van der Waals surface area contributed by atoms with E-state index in [0.717, 1.165) is 0 Å². The third-order valence-corrected chi connectivity index (χ3v) is 0. The predicted molar refractivity (Wildman–Crippen MR) is 29.8 cm³/mol. The molecule has 0 saturated heterocycles. The van der Waals surface area contributed by atoms with Crippen molar-refractivity contribution in [3.05, 3.63) is 0 Å². The van der Waals surface area contributed by atoms with Crippen LogP contribution >= 0.6 is 24.0 Å². The molecule has 0 aromatic rings. The summed E-state index contributed by atoms with van der Waals surface area (Å²) in [5.41, 5.74) is 0. The Morgan fingerprint density at radius 1 is 1.14 bits per heavy atom. The van der Waals surface area contributed by atoms with Crippen LogP contribution in [0.15, 0.2) is 0 Å². The first-order chi connectivity index (χ1) is 2.00. The van der Waals surface area contributed by atoms with Gasteiger partial charge in [0, 0.05) is 0 Å². The molecule has 0 aromatic carbocycles. The van der Waals surface area contributed by atoms with E-state index in [-0.39, 0.29) is 61.7 Å². The van der Waals surface area contributed by atoms with E-state index in [4.69, 9.17) is 15.9 Å². The molecule has 2 N–H and O–H groups in total. The van der Waals surface area contributed by atoms with Crippen molar-refractivity contribution in [3.8, 4) is 0 Å². The average molecular weight is 288 g/mol. The van der Waals surface area contributed by atoms with Crippen LogP contribution in [0.2, 0.25) is 0 Å². The van der Waals surface area contributed by atoms with Crippen LogP contribution in [0.5, 0.6) is 0 Å². The molecule has 0 aliphatic rings. The van der Waals surface area contributed by atoms with E-state index in [2.05, 4.69) is 0 Å². The van der Waals surface area contributed by atoms with Gasteiger partial charge in [-0.1, -0.05) is 0 Å². The first-order valence-electron chi connectivity index (χ1n) is 0.698. The minimum atomic E-state index is -5.25. The molecular weight excluding hydrogens is 283 g/mol. The average Bonchev–Trinajstić information content (AvgIpc) is 0.722. The zero-order chi connectivity index (χ0) is 4.50. The summed E-state index contributed by atoms with van der Waals surface area (Å²) < 4.78 is 31.9. The zero-order valence-electron chi connectivity index (χ0n) is 2.53. The fourth-order valence-electron chi connectivity index (χ4n) is 0. The van der Waals surface area contributed by atoms with Crippen molar-refractivity contribution in [1.29, 1.82) is 0 Å². The topological polar surface area (TPSA) is 74.6 Å². The zero-order valence-corrected chi connectivity index (χ0v) is 6.13. The number of hydrogen-bond donors (Lipinski definition) is 2. The van der Waals surface area contributed by atoms with E-state index in [9.17, 15) is 0 Å². The van der Waals surface area contributed by atoms with Gasteiger partial charge in [-0.3, -0.25) is 0 Å². The van der Waals surface area contributed by atoms with E-state index in [1.807, 2.05) is 0 Å². The summed E-state index contributed by atoms with van der Waals surface area (Å²) in [4.78, 5) is 0. The van der Waals surface area contributed by atoms with E-state index < -0.39 is 13.6 Å². The van der Waals surface area contributed by atoms with Gasteiger partial charge < -0.3 is 0 Å². The third-order valence-electron chi connectivity index (χ3n) is 0. The van der Waals surface area contributed by atoms with Gasteiger partial charge in [0.2, 0.25) is 0 Å². The van der Waals surface area contributed by atoms with Crippen LogP contribution in [-0.2, 0) is 21.2 Å². The molecule has 7 heavy (non-hydrogen) atoms. The molecule has 7 heteroatoms. The Morgan fingerprint density at radius 2 is 1.14 bits per heavy atom. The molecule has 0 amide bonds. The van der Waals surface area contributed by atoms with Gasteiger partial charge in [0.15, 0.2) is 0 Å². The second-order valence-corrected chi connectivity index (χ2v) is 1.85. The van der Waals surface area contributed by atoms with Crippen LogP contribution in [0, 0.1) is 0 Å². The Morgan fingerprint density at radius 3 is 1.14 bits per heavy atom. The van der Waals surface area contributed by atoms with Crippen LogP contribution in [0.1, 0.15) is 0 Å². The molecule has 0 aliphatic heterocycles. The minimum absolute atomic E-state index is 0. The molecule has 0 heterocycles. The van der Waals surface area contributed by atoms with E-state index in [0.29, 0.717) is 0 Å². The van der Waals surface area contributed by atoms with E-state index in [1.165, 1.54) is 0 Å². The van der Waals surface area contributed by atoms with Crippen molar-refractivity contribution >= 4 is 61.7 Å². The van der Waals surface area contributed by atoms with Crippen LogP contribution in [0.25, 0.3) is 0 Å². The second-order valence-electron chi connectivity index (χ2n) is 0.448. The summed E-state index contributed by atoms with van der Waals surface area (Å²) >= 11 is -5.25. The van der Waals surface area contributed by atoms with Gasteiger partial charge in [-0.2, -0.15) is 0 Å². The monoisotopic (exact) mass is 288 g/mol. The van der Waals surface area contributed by atoms with Crippen LogP contribution in [-0.4, -0.2) is 46.1 Å². The summed E-state index contributed by atoms with van der Waals surface area (Å²) in [7, 11) is 0. The van der Waals surface area contributed by atoms with Gasteiger partial charge in [0.25, 0.3) is 0 Å².